The summed E-state index contributed by atoms with van der Waals surface area (Å²) in [6.07, 6.45) is 5.61. The molecule has 1 aromatic heterocycles. The van der Waals surface area contributed by atoms with E-state index in [0.29, 0.717) is 16.2 Å². The third-order valence-corrected chi connectivity index (χ3v) is 5.14. The Kier molecular flexibility index (Phi) is 5.17. The molecule has 0 amide bonds. The molecule has 0 atom stereocenters. The summed E-state index contributed by atoms with van der Waals surface area (Å²) < 4.78 is 2.54. The Morgan fingerprint density at radius 1 is 1.16 bits per heavy atom. The molecular weight excluding hydrogens is 338 g/mol. The molecule has 25 heavy (non-hydrogen) atoms. The molecule has 8 heteroatoms. The summed E-state index contributed by atoms with van der Waals surface area (Å²) in [7, 11) is 0. The summed E-state index contributed by atoms with van der Waals surface area (Å²) in [4.78, 5) is 22.5. The van der Waals surface area contributed by atoms with Crippen molar-refractivity contribution in [2.45, 2.75) is 57.9 Å². The molecule has 0 unspecified atom stereocenters. The highest BCUT2D eigenvalue weighted by atomic mass is 32.1. The molecule has 1 aliphatic rings. The van der Waals surface area contributed by atoms with Crippen molar-refractivity contribution in [3.05, 3.63) is 32.3 Å². The van der Waals surface area contributed by atoms with E-state index in [1.165, 1.54) is 12.5 Å². The lowest BCUT2D eigenvalue weighted by Gasteiger charge is -2.24. The Hall–Kier alpha value is -2.22. The number of aromatic nitrogens is 3. The molecule has 1 aliphatic carbocycles. The van der Waals surface area contributed by atoms with Crippen molar-refractivity contribution in [3.63, 3.8) is 0 Å². The largest absolute Gasteiger partial charge is 0.297 e. The van der Waals surface area contributed by atoms with E-state index in [2.05, 4.69) is 20.6 Å². The number of H-pyrrole nitrogens is 1. The summed E-state index contributed by atoms with van der Waals surface area (Å²) in [5.41, 5.74) is 1.75. The van der Waals surface area contributed by atoms with Gasteiger partial charge >= 0.3 is 0 Å². The third kappa shape index (κ3) is 3.30. The van der Waals surface area contributed by atoms with Gasteiger partial charge in [-0.05, 0) is 59.0 Å². The van der Waals surface area contributed by atoms with Gasteiger partial charge in [0.15, 0.2) is 10.6 Å². The minimum atomic E-state index is 0.0807. The topological polar surface area (TPSA) is 92.5 Å². The van der Waals surface area contributed by atoms with Crippen LogP contribution in [0.15, 0.2) is 22.5 Å². The molecule has 0 aliphatic heterocycles. The molecule has 0 saturated heterocycles. The Balaban J connectivity index is 2.19. The molecule has 1 saturated carbocycles. The van der Waals surface area contributed by atoms with Crippen LogP contribution >= 0.6 is 12.2 Å². The lowest BCUT2D eigenvalue weighted by Crippen LogP contribution is -2.14. The highest BCUT2D eigenvalue weighted by molar-refractivity contribution is 7.71. The highest BCUT2D eigenvalue weighted by Crippen LogP contribution is 2.40. The van der Waals surface area contributed by atoms with E-state index in [-0.39, 0.29) is 23.3 Å². The molecule has 7 nitrogen and oxygen atoms in total. The number of hydrogen-bond acceptors (Lipinski definition) is 6. The van der Waals surface area contributed by atoms with Crippen LogP contribution in [-0.2, 0) is 0 Å². The first-order valence-corrected chi connectivity index (χ1v) is 8.99. The normalized spacial score (nSPS) is 15.5. The molecule has 3 rings (SSSR count). The van der Waals surface area contributed by atoms with Gasteiger partial charge in [-0.3, -0.25) is 9.67 Å². The van der Waals surface area contributed by atoms with Crippen LogP contribution in [0.5, 0.6) is 0 Å². The van der Waals surface area contributed by atoms with E-state index in [9.17, 15) is 9.81 Å². The minimum absolute atomic E-state index is 0.0807. The zero-order valence-electron chi connectivity index (χ0n) is 14.4. The van der Waals surface area contributed by atoms with Crippen molar-refractivity contribution in [1.82, 2.24) is 14.8 Å². The van der Waals surface area contributed by atoms with Gasteiger partial charge in [0.05, 0.1) is 0 Å². The monoisotopic (exact) mass is 359 g/mol. The molecule has 1 aromatic carbocycles. The van der Waals surface area contributed by atoms with Crippen LogP contribution in [0.2, 0.25) is 0 Å². The number of benzene rings is 1. The average molecular weight is 359 g/mol. The lowest BCUT2D eigenvalue weighted by molar-refractivity contribution is 0.352. The predicted molar refractivity (Wildman–Crippen MR) is 100.0 cm³/mol. The van der Waals surface area contributed by atoms with Gasteiger partial charge in [-0.2, -0.15) is 5.10 Å². The molecule has 1 heterocycles. The van der Waals surface area contributed by atoms with E-state index < -0.39 is 0 Å². The molecule has 0 radical (unpaired) electrons. The zero-order valence-corrected chi connectivity index (χ0v) is 15.2. The molecule has 1 fully saturated rings. The van der Waals surface area contributed by atoms with E-state index >= 15 is 0 Å². The Morgan fingerprint density at radius 2 is 1.84 bits per heavy atom. The van der Waals surface area contributed by atoms with Gasteiger partial charge in [-0.15, -0.1) is 9.81 Å². The maximum Gasteiger partial charge on any atom is 0.195 e. The number of nitrogens with zero attached hydrogens (tertiary/aromatic N) is 4. The SMILES string of the molecule is CC(C)c1cc(-c2n[nH]c(=S)n2C2CCCCC2)c(N=O)cc1N=O. The van der Waals surface area contributed by atoms with Gasteiger partial charge in [-0.1, -0.05) is 33.1 Å². The van der Waals surface area contributed by atoms with Crippen LogP contribution in [0.3, 0.4) is 0 Å². The molecule has 1 N–H and O–H groups in total. The Labute approximate surface area is 150 Å². The van der Waals surface area contributed by atoms with Crippen molar-refractivity contribution < 1.29 is 0 Å². The van der Waals surface area contributed by atoms with Crippen LogP contribution in [-0.4, -0.2) is 14.8 Å². The second-order valence-electron chi connectivity index (χ2n) is 6.78. The van der Waals surface area contributed by atoms with Gasteiger partial charge in [0.1, 0.15) is 11.4 Å². The van der Waals surface area contributed by atoms with Gasteiger partial charge < -0.3 is 0 Å². The lowest BCUT2D eigenvalue weighted by atomic mass is 9.94. The molecule has 0 spiro atoms. The summed E-state index contributed by atoms with van der Waals surface area (Å²) in [6.45, 7) is 3.94. The first kappa shape index (κ1) is 17.6. The highest BCUT2D eigenvalue weighted by Gasteiger charge is 2.24. The Morgan fingerprint density at radius 3 is 2.44 bits per heavy atom. The average Bonchev–Trinajstić information content (AvgIpc) is 3.02. The van der Waals surface area contributed by atoms with Crippen LogP contribution in [0.1, 0.15) is 63.5 Å². The third-order valence-electron chi connectivity index (χ3n) is 4.85. The maximum absolute atomic E-state index is 11.4. The van der Waals surface area contributed by atoms with Gasteiger partial charge in [0, 0.05) is 11.6 Å². The quantitative estimate of drug-likeness (QED) is 0.521. The smallest absolute Gasteiger partial charge is 0.195 e. The van der Waals surface area contributed by atoms with Gasteiger partial charge in [0.25, 0.3) is 0 Å². The van der Waals surface area contributed by atoms with Crippen molar-refractivity contribution in [1.29, 1.82) is 0 Å². The van der Waals surface area contributed by atoms with Crippen LogP contribution in [0.25, 0.3) is 11.4 Å². The summed E-state index contributed by atoms with van der Waals surface area (Å²) in [5, 5.41) is 13.4. The summed E-state index contributed by atoms with van der Waals surface area (Å²) in [5.74, 6) is 0.683. The number of hydrogen-bond donors (Lipinski definition) is 1. The van der Waals surface area contributed by atoms with Crippen molar-refractivity contribution >= 4 is 23.6 Å². The second-order valence-corrected chi connectivity index (χ2v) is 7.17. The fourth-order valence-corrected chi connectivity index (χ4v) is 3.84. The molecular formula is C17H21N5O2S. The van der Waals surface area contributed by atoms with Gasteiger partial charge in [0.2, 0.25) is 0 Å². The first-order valence-electron chi connectivity index (χ1n) is 8.58. The number of nitroso groups, excluding NO2 is 2. The predicted octanol–water partition coefficient (Wildman–Crippen LogP) is 6.03. The van der Waals surface area contributed by atoms with Crippen LogP contribution in [0, 0.1) is 14.6 Å². The summed E-state index contributed by atoms with van der Waals surface area (Å²) in [6, 6.07) is 3.50. The van der Waals surface area contributed by atoms with E-state index in [0.717, 1.165) is 31.2 Å². The van der Waals surface area contributed by atoms with E-state index in [1.54, 1.807) is 6.07 Å². The Bertz CT molecular complexity index is 849. The second kappa shape index (κ2) is 7.35. The fraction of sp³-hybridized carbons (Fsp3) is 0.529. The molecule has 132 valence electrons. The minimum Gasteiger partial charge on any atom is -0.297 e. The van der Waals surface area contributed by atoms with E-state index in [4.69, 9.17) is 12.2 Å². The van der Waals surface area contributed by atoms with E-state index in [1.807, 2.05) is 18.4 Å². The zero-order chi connectivity index (χ0) is 18.0. The van der Waals surface area contributed by atoms with Gasteiger partial charge in [-0.25, -0.2) is 0 Å². The molecule has 2 aromatic rings. The van der Waals surface area contributed by atoms with Crippen molar-refractivity contribution in [2.75, 3.05) is 0 Å². The van der Waals surface area contributed by atoms with Crippen molar-refractivity contribution in [2.24, 2.45) is 10.4 Å². The fourth-order valence-electron chi connectivity index (χ4n) is 3.56. The number of rotatable bonds is 5. The van der Waals surface area contributed by atoms with Crippen LogP contribution < -0.4 is 0 Å². The standard InChI is InChI=1S/C17H21N5O2S/c1-10(2)12-8-13(15(21-24)9-14(12)20-23)16-18-19-17(25)22(16)11-6-4-3-5-7-11/h8-11H,3-7H2,1-2H3,(H,19,25). The van der Waals surface area contributed by atoms with Crippen LogP contribution in [0.4, 0.5) is 11.4 Å². The number of nitrogens with one attached hydrogen (secondary N) is 1. The maximum atomic E-state index is 11.4. The summed E-state index contributed by atoms with van der Waals surface area (Å²) >= 11 is 5.43. The first-order chi connectivity index (χ1) is 12.1. The van der Waals surface area contributed by atoms with Crippen molar-refractivity contribution in [3.8, 4) is 11.4 Å². The number of aromatic amines is 1. The molecule has 0 bridgehead atoms.